The standard InChI is InChI=1S/C21H25F2N3O2.C7H16.C4H10.C3H6/c1-13-11-16(17-9-10-26(15(3)27)12-21(17,22)23)6-8-18(13)25(4)19-7-5-14(2)24-20(19)28;1-5-6-7(2,3)4;1-4(2)3;1-3-2/h6,8-9,11,19H,2,5,7,10,12H2,1,3-4H3,(H,24,28);5-6H2,1-4H3;4H,1-3H3;3H,1H2,2H3. The Morgan fingerprint density at radius 1 is 1.26 bits per heavy atom. The number of nitrogens with one attached hydrogen (secondary N) is 1. The maximum absolute atomic E-state index is 14.6. The molecule has 0 bridgehead atoms. The van der Waals surface area contributed by atoms with Crippen LogP contribution in [0.1, 0.15) is 99.1 Å². The second kappa shape index (κ2) is 17.9. The Bertz CT molecular complexity index is 1070. The monoisotopic (exact) mass is 589 g/mol. The molecular weight excluding hydrogens is 532 g/mol. The van der Waals surface area contributed by atoms with E-state index in [1.54, 1.807) is 24.3 Å². The topological polar surface area (TPSA) is 52.7 Å². The van der Waals surface area contributed by atoms with E-state index in [1.807, 2.05) is 25.8 Å². The van der Waals surface area contributed by atoms with E-state index in [0.29, 0.717) is 29.5 Å². The summed E-state index contributed by atoms with van der Waals surface area (Å²) in [5.74, 6) is -2.74. The van der Waals surface area contributed by atoms with Crippen molar-refractivity contribution in [3.8, 4) is 0 Å². The van der Waals surface area contributed by atoms with E-state index in [9.17, 15) is 18.4 Å². The van der Waals surface area contributed by atoms with Gasteiger partial charge in [0.05, 0.1) is 6.54 Å². The molecule has 238 valence electrons. The van der Waals surface area contributed by atoms with Crippen molar-refractivity contribution in [3.05, 3.63) is 60.3 Å². The van der Waals surface area contributed by atoms with E-state index in [1.165, 1.54) is 25.8 Å². The van der Waals surface area contributed by atoms with Crippen LogP contribution in [0.2, 0.25) is 0 Å². The highest BCUT2D eigenvalue weighted by molar-refractivity contribution is 5.88. The Balaban J connectivity index is 0.00000100. The number of alkyl halides is 2. The average molecular weight is 590 g/mol. The lowest BCUT2D eigenvalue weighted by Crippen LogP contribution is -2.48. The van der Waals surface area contributed by atoms with Crippen LogP contribution < -0.4 is 10.2 Å². The average Bonchev–Trinajstić information content (AvgIpc) is 2.83. The number of likely N-dealkylation sites (N-methyl/N-ethyl adjacent to an activating group) is 1. The number of carbonyl (C=O) groups is 2. The van der Waals surface area contributed by atoms with Gasteiger partial charge < -0.3 is 15.1 Å². The van der Waals surface area contributed by atoms with Gasteiger partial charge in [-0.2, -0.15) is 8.78 Å². The van der Waals surface area contributed by atoms with Gasteiger partial charge in [0, 0.05) is 37.5 Å². The van der Waals surface area contributed by atoms with Crippen LogP contribution in [0.15, 0.2) is 49.2 Å². The summed E-state index contributed by atoms with van der Waals surface area (Å²) in [6, 6.07) is 4.82. The summed E-state index contributed by atoms with van der Waals surface area (Å²) in [6.45, 7) is 27.3. The van der Waals surface area contributed by atoms with E-state index >= 15 is 0 Å². The van der Waals surface area contributed by atoms with Crippen molar-refractivity contribution in [2.75, 3.05) is 25.0 Å². The number of piperidine rings is 1. The van der Waals surface area contributed by atoms with E-state index in [0.717, 1.165) is 22.1 Å². The van der Waals surface area contributed by atoms with Crippen LogP contribution in [0, 0.1) is 18.3 Å². The molecule has 1 saturated heterocycles. The van der Waals surface area contributed by atoms with E-state index < -0.39 is 12.5 Å². The van der Waals surface area contributed by atoms with Crippen LogP contribution >= 0.6 is 0 Å². The first-order valence-electron chi connectivity index (χ1n) is 15.0. The van der Waals surface area contributed by atoms with Gasteiger partial charge in [0.2, 0.25) is 11.8 Å². The Kier molecular flexibility index (Phi) is 16.6. The normalized spacial score (nSPS) is 17.7. The molecule has 7 heteroatoms. The highest BCUT2D eigenvalue weighted by Crippen LogP contribution is 2.38. The van der Waals surface area contributed by atoms with Gasteiger partial charge in [0.25, 0.3) is 5.92 Å². The Morgan fingerprint density at radius 3 is 2.19 bits per heavy atom. The molecule has 2 heterocycles. The fourth-order valence-electron chi connectivity index (χ4n) is 4.58. The third-order valence-electron chi connectivity index (χ3n) is 6.42. The van der Waals surface area contributed by atoms with Crippen molar-refractivity contribution in [2.24, 2.45) is 11.3 Å². The van der Waals surface area contributed by atoms with Crippen molar-refractivity contribution in [2.45, 2.75) is 107 Å². The van der Waals surface area contributed by atoms with Crippen LogP contribution in [0.25, 0.3) is 5.57 Å². The summed E-state index contributed by atoms with van der Waals surface area (Å²) in [5.41, 5.74) is 3.27. The van der Waals surface area contributed by atoms with E-state index in [4.69, 9.17) is 0 Å². The van der Waals surface area contributed by atoms with E-state index in [-0.39, 0.29) is 30.0 Å². The molecule has 2 aliphatic heterocycles. The quantitative estimate of drug-likeness (QED) is 0.357. The minimum atomic E-state index is -3.10. The third kappa shape index (κ3) is 13.8. The van der Waals surface area contributed by atoms with Crippen molar-refractivity contribution in [1.82, 2.24) is 10.2 Å². The Hall–Kier alpha value is -2.96. The minimum Gasteiger partial charge on any atom is -0.362 e. The van der Waals surface area contributed by atoms with Crippen LogP contribution in [0.3, 0.4) is 0 Å². The van der Waals surface area contributed by atoms with Crippen molar-refractivity contribution in [3.63, 3.8) is 0 Å². The maximum atomic E-state index is 14.6. The van der Waals surface area contributed by atoms with Gasteiger partial charge in [-0.1, -0.05) is 79.7 Å². The first-order chi connectivity index (χ1) is 19.3. The Labute approximate surface area is 255 Å². The molecule has 42 heavy (non-hydrogen) atoms. The zero-order chi connectivity index (χ0) is 32.8. The van der Waals surface area contributed by atoms with Gasteiger partial charge in [-0.05, 0) is 67.7 Å². The molecule has 1 aromatic rings. The summed E-state index contributed by atoms with van der Waals surface area (Å²) in [4.78, 5) is 26.7. The fraction of sp³-hybridized carbons (Fsp3) is 0.600. The van der Waals surface area contributed by atoms with Crippen LogP contribution in [-0.2, 0) is 9.59 Å². The SMILES string of the molecule is C=C1CCC(N(C)c2ccc(C3=CCN(C(C)=O)CC3(F)F)cc2C)C(=O)N1.C=CC.CC(C)C.CCCC(C)(C)C. The molecule has 1 unspecified atom stereocenters. The number of hydrogen-bond acceptors (Lipinski definition) is 3. The summed E-state index contributed by atoms with van der Waals surface area (Å²) in [7, 11) is 1.83. The highest BCUT2D eigenvalue weighted by atomic mass is 19.3. The van der Waals surface area contributed by atoms with Crippen molar-refractivity contribution < 1.29 is 18.4 Å². The number of nitrogens with zero attached hydrogens (tertiary/aromatic N) is 2. The van der Waals surface area contributed by atoms with Crippen molar-refractivity contribution >= 4 is 23.1 Å². The number of allylic oxidation sites excluding steroid dienone is 2. The molecule has 1 N–H and O–H groups in total. The zero-order valence-corrected chi connectivity index (χ0v) is 28.2. The van der Waals surface area contributed by atoms with Crippen LogP contribution in [0.4, 0.5) is 14.5 Å². The predicted molar refractivity (Wildman–Crippen MR) is 176 cm³/mol. The Morgan fingerprint density at radius 2 is 1.81 bits per heavy atom. The molecule has 0 saturated carbocycles. The first kappa shape index (κ1) is 39.0. The van der Waals surface area contributed by atoms with E-state index in [2.05, 4.69) is 66.9 Å². The lowest BCUT2D eigenvalue weighted by Gasteiger charge is -2.34. The molecule has 1 aromatic carbocycles. The molecule has 0 aliphatic carbocycles. The molecule has 2 aliphatic rings. The van der Waals surface area contributed by atoms with Gasteiger partial charge in [-0.3, -0.25) is 9.59 Å². The van der Waals surface area contributed by atoms with Gasteiger partial charge in [-0.25, -0.2) is 0 Å². The van der Waals surface area contributed by atoms with Gasteiger partial charge >= 0.3 is 0 Å². The number of carbonyl (C=O) groups excluding carboxylic acids is 2. The van der Waals surface area contributed by atoms with Crippen molar-refractivity contribution in [1.29, 1.82) is 0 Å². The third-order valence-corrected chi connectivity index (χ3v) is 6.42. The number of amides is 2. The smallest absolute Gasteiger partial charge is 0.290 e. The van der Waals surface area contributed by atoms with Crippen LogP contribution in [0.5, 0.6) is 0 Å². The summed E-state index contributed by atoms with van der Waals surface area (Å²) in [6.07, 6.45) is 7.19. The number of anilines is 1. The molecule has 1 atom stereocenters. The largest absolute Gasteiger partial charge is 0.362 e. The highest BCUT2D eigenvalue weighted by Gasteiger charge is 2.40. The molecule has 5 nitrogen and oxygen atoms in total. The number of rotatable bonds is 4. The summed E-state index contributed by atoms with van der Waals surface area (Å²) >= 11 is 0. The molecule has 0 aromatic heterocycles. The molecule has 2 amide bonds. The first-order valence-corrected chi connectivity index (χ1v) is 15.0. The number of benzene rings is 1. The zero-order valence-electron chi connectivity index (χ0n) is 28.2. The summed E-state index contributed by atoms with van der Waals surface area (Å²) < 4.78 is 29.2. The maximum Gasteiger partial charge on any atom is 0.290 e. The number of hydrogen-bond donors (Lipinski definition) is 1. The molecule has 3 rings (SSSR count). The fourth-order valence-corrected chi connectivity index (χ4v) is 4.58. The molecular formula is C35H57F2N3O2. The second-order valence-corrected chi connectivity index (χ2v) is 12.9. The predicted octanol–water partition coefficient (Wildman–Crippen LogP) is 8.79. The molecule has 0 spiro atoms. The molecule has 1 fully saturated rings. The number of halogens is 2. The lowest BCUT2D eigenvalue weighted by molar-refractivity contribution is -0.132. The lowest BCUT2D eigenvalue weighted by atomic mass is 9.91. The number of aryl methyl sites for hydroxylation is 1. The van der Waals surface area contributed by atoms with Gasteiger partial charge in [0.15, 0.2) is 0 Å². The minimum absolute atomic E-state index is 0.0611. The van der Waals surface area contributed by atoms with Gasteiger partial charge in [-0.15, -0.1) is 6.58 Å². The molecule has 0 radical (unpaired) electrons. The summed E-state index contributed by atoms with van der Waals surface area (Å²) in [5, 5.41) is 2.77. The van der Waals surface area contributed by atoms with Gasteiger partial charge in [0.1, 0.15) is 6.04 Å². The second-order valence-electron chi connectivity index (χ2n) is 12.9. The van der Waals surface area contributed by atoms with Crippen LogP contribution in [-0.4, -0.2) is 48.8 Å².